The number of halogens is 1. The van der Waals surface area contributed by atoms with Crippen LogP contribution in [0.4, 0.5) is 15.8 Å². The van der Waals surface area contributed by atoms with Gasteiger partial charge in [0.15, 0.2) is 0 Å². The molecule has 1 N–H and O–H groups in total. The molecule has 0 aromatic heterocycles. The second-order valence-corrected chi connectivity index (χ2v) is 6.98. The van der Waals surface area contributed by atoms with E-state index in [9.17, 15) is 14.0 Å². The molecular weight excluding hydrogens is 367 g/mol. The van der Waals surface area contributed by atoms with Crippen LogP contribution in [0.25, 0.3) is 5.57 Å². The third kappa shape index (κ3) is 3.43. The molecule has 0 atom stereocenters. The van der Waals surface area contributed by atoms with Crippen LogP contribution < -0.4 is 10.2 Å². The molecule has 0 saturated heterocycles. The maximum Gasteiger partial charge on any atom is 0.282 e. The van der Waals surface area contributed by atoms with Crippen LogP contribution in [-0.2, 0) is 9.59 Å². The fraction of sp³-hybridized carbons (Fsp3) is 0.0833. The number of anilines is 2. The first-order valence-electron chi connectivity index (χ1n) is 9.24. The topological polar surface area (TPSA) is 49.4 Å². The minimum Gasteiger partial charge on any atom is -0.350 e. The van der Waals surface area contributed by atoms with Crippen molar-refractivity contribution in [1.82, 2.24) is 0 Å². The average molecular weight is 386 g/mol. The summed E-state index contributed by atoms with van der Waals surface area (Å²) in [6.07, 6.45) is 0. The average Bonchev–Trinajstić information content (AvgIpc) is 2.94. The maximum atomic E-state index is 13.8. The van der Waals surface area contributed by atoms with Gasteiger partial charge in [-0.3, -0.25) is 9.59 Å². The van der Waals surface area contributed by atoms with Gasteiger partial charge in [-0.25, -0.2) is 9.29 Å². The molecule has 5 heteroatoms. The van der Waals surface area contributed by atoms with Crippen LogP contribution in [0.15, 0.2) is 78.5 Å². The number of nitrogens with one attached hydrogen (secondary N) is 1. The number of rotatable bonds is 4. The Morgan fingerprint density at radius 1 is 0.828 bits per heavy atom. The predicted octanol–water partition coefficient (Wildman–Crippen LogP) is 4.84. The molecule has 0 saturated carbocycles. The summed E-state index contributed by atoms with van der Waals surface area (Å²) in [5.74, 6) is -1.51. The molecule has 29 heavy (non-hydrogen) atoms. The molecule has 4 nitrogen and oxygen atoms in total. The number of carbonyl (C=O) groups excluding carboxylic acids is 2. The van der Waals surface area contributed by atoms with Crippen molar-refractivity contribution in [3.8, 4) is 0 Å². The lowest BCUT2D eigenvalue weighted by Crippen LogP contribution is -2.32. The summed E-state index contributed by atoms with van der Waals surface area (Å²) >= 11 is 0. The molecule has 0 unspecified atom stereocenters. The van der Waals surface area contributed by atoms with Crippen LogP contribution in [0.2, 0.25) is 0 Å². The normalized spacial score (nSPS) is 14.0. The maximum absolute atomic E-state index is 13.8. The number of para-hydroxylation sites is 1. The zero-order valence-electron chi connectivity index (χ0n) is 16.1. The minimum atomic E-state index is -0.514. The van der Waals surface area contributed by atoms with Gasteiger partial charge in [0.1, 0.15) is 11.5 Å². The first kappa shape index (κ1) is 18.6. The molecule has 1 heterocycles. The van der Waals surface area contributed by atoms with Crippen LogP contribution in [0.1, 0.15) is 16.7 Å². The molecule has 0 radical (unpaired) electrons. The largest absolute Gasteiger partial charge is 0.350 e. The molecule has 1 aliphatic rings. The van der Waals surface area contributed by atoms with Gasteiger partial charge >= 0.3 is 0 Å². The van der Waals surface area contributed by atoms with Crippen molar-refractivity contribution in [3.63, 3.8) is 0 Å². The number of carbonyl (C=O) groups is 2. The Balaban J connectivity index is 1.85. The molecule has 1 aliphatic heterocycles. The summed E-state index contributed by atoms with van der Waals surface area (Å²) in [6, 6.07) is 20.4. The summed E-state index contributed by atoms with van der Waals surface area (Å²) in [6.45, 7) is 3.87. The lowest BCUT2D eigenvalue weighted by molar-refractivity contribution is -0.120. The second kappa shape index (κ2) is 7.36. The van der Waals surface area contributed by atoms with E-state index in [0.717, 1.165) is 21.7 Å². The number of benzene rings is 3. The Hall–Kier alpha value is -3.73. The zero-order chi connectivity index (χ0) is 20.5. The number of amides is 2. The highest BCUT2D eigenvalue weighted by Crippen LogP contribution is 2.34. The molecule has 0 spiro atoms. The van der Waals surface area contributed by atoms with E-state index in [2.05, 4.69) is 5.32 Å². The van der Waals surface area contributed by atoms with E-state index in [1.807, 2.05) is 62.4 Å². The van der Waals surface area contributed by atoms with Crippen molar-refractivity contribution in [2.45, 2.75) is 13.8 Å². The highest BCUT2D eigenvalue weighted by Gasteiger charge is 2.40. The summed E-state index contributed by atoms with van der Waals surface area (Å²) < 4.78 is 13.8. The van der Waals surface area contributed by atoms with Gasteiger partial charge in [0.2, 0.25) is 0 Å². The fourth-order valence-electron chi connectivity index (χ4n) is 3.33. The first-order chi connectivity index (χ1) is 14.0. The SMILES string of the molecule is Cc1ccc(C2=C(Nc3ccccc3C)C(=O)N(c3cccc(F)c3)C2=O)cc1. The molecule has 4 rings (SSSR count). The van der Waals surface area contributed by atoms with Crippen molar-refractivity contribution in [2.24, 2.45) is 0 Å². The van der Waals surface area contributed by atoms with Gasteiger partial charge < -0.3 is 5.32 Å². The Labute approximate surface area is 168 Å². The van der Waals surface area contributed by atoms with Gasteiger partial charge in [0, 0.05) is 5.69 Å². The number of hydrogen-bond donors (Lipinski definition) is 1. The highest BCUT2D eigenvalue weighted by molar-refractivity contribution is 6.46. The van der Waals surface area contributed by atoms with Crippen LogP contribution in [0.5, 0.6) is 0 Å². The Morgan fingerprint density at radius 3 is 2.24 bits per heavy atom. The number of nitrogens with zero attached hydrogens (tertiary/aromatic N) is 1. The third-order valence-electron chi connectivity index (χ3n) is 4.90. The molecule has 144 valence electrons. The summed E-state index contributed by atoms with van der Waals surface area (Å²) in [7, 11) is 0. The van der Waals surface area contributed by atoms with Crippen molar-refractivity contribution in [2.75, 3.05) is 10.2 Å². The molecule has 3 aromatic carbocycles. The van der Waals surface area contributed by atoms with Gasteiger partial charge in [-0.2, -0.15) is 0 Å². The van der Waals surface area contributed by atoms with E-state index in [1.54, 1.807) is 6.07 Å². The monoisotopic (exact) mass is 386 g/mol. The van der Waals surface area contributed by atoms with Crippen LogP contribution >= 0.6 is 0 Å². The van der Waals surface area contributed by atoms with E-state index in [-0.39, 0.29) is 17.0 Å². The lowest BCUT2D eigenvalue weighted by Gasteiger charge is -2.15. The predicted molar refractivity (Wildman–Crippen MR) is 112 cm³/mol. The summed E-state index contributed by atoms with van der Waals surface area (Å²) in [4.78, 5) is 27.6. The lowest BCUT2D eigenvalue weighted by atomic mass is 10.0. The summed E-state index contributed by atoms with van der Waals surface area (Å²) in [5, 5.41) is 3.14. The van der Waals surface area contributed by atoms with Gasteiger partial charge in [0.25, 0.3) is 11.8 Å². The van der Waals surface area contributed by atoms with Crippen molar-refractivity contribution >= 4 is 28.8 Å². The molecule has 0 aliphatic carbocycles. The van der Waals surface area contributed by atoms with E-state index in [0.29, 0.717) is 5.56 Å². The van der Waals surface area contributed by atoms with Crippen LogP contribution in [-0.4, -0.2) is 11.8 Å². The van der Waals surface area contributed by atoms with Crippen molar-refractivity contribution in [1.29, 1.82) is 0 Å². The third-order valence-corrected chi connectivity index (χ3v) is 4.90. The molecule has 0 fully saturated rings. The Morgan fingerprint density at radius 2 is 1.55 bits per heavy atom. The van der Waals surface area contributed by atoms with Crippen LogP contribution in [0.3, 0.4) is 0 Å². The van der Waals surface area contributed by atoms with E-state index in [4.69, 9.17) is 0 Å². The molecule has 3 aromatic rings. The first-order valence-corrected chi connectivity index (χ1v) is 9.24. The number of hydrogen-bond acceptors (Lipinski definition) is 3. The summed E-state index contributed by atoms with van der Waals surface area (Å²) in [5.41, 5.74) is 3.98. The minimum absolute atomic E-state index is 0.178. The van der Waals surface area contributed by atoms with E-state index >= 15 is 0 Å². The van der Waals surface area contributed by atoms with Crippen molar-refractivity contribution in [3.05, 3.63) is 101 Å². The van der Waals surface area contributed by atoms with Gasteiger partial charge in [-0.1, -0.05) is 54.1 Å². The molecular formula is C24H19FN2O2. The second-order valence-electron chi connectivity index (χ2n) is 6.98. The van der Waals surface area contributed by atoms with Gasteiger partial charge in [-0.05, 0) is 49.2 Å². The van der Waals surface area contributed by atoms with Crippen molar-refractivity contribution < 1.29 is 14.0 Å². The Bertz CT molecular complexity index is 1150. The smallest absolute Gasteiger partial charge is 0.282 e. The standard InChI is InChI=1S/C24H19FN2O2/c1-15-10-12-17(13-11-15)21-22(26-20-9-4-3-6-16(20)2)24(29)27(23(21)28)19-8-5-7-18(25)14-19/h3-14,26H,1-2H3. The van der Waals surface area contributed by atoms with E-state index in [1.165, 1.54) is 18.2 Å². The highest BCUT2D eigenvalue weighted by atomic mass is 19.1. The van der Waals surface area contributed by atoms with Crippen LogP contribution in [0, 0.1) is 19.7 Å². The molecule has 0 bridgehead atoms. The van der Waals surface area contributed by atoms with Gasteiger partial charge in [-0.15, -0.1) is 0 Å². The Kier molecular flexibility index (Phi) is 4.72. The zero-order valence-corrected chi connectivity index (χ0v) is 16.1. The number of aryl methyl sites for hydroxylation is 2. The van der Waals surface area contributed by atoms with Gasteiger partial charge in [0.05, 0.1) is 11.3 Å². The number of imide groups is 1. The van der Waals surface area contributed by atoms with E-state index < -0.39 is 17.6 Å². The molecule has 2 amide bonds. The fourth-order valence-corrected chi connectivity index (χ4v) is 3.33. The quantitative estimate of drug-likeness (QED) is 0.653.